The van der Waals surface area contributed by atoms with E-state index in [0.29, 0.717) is 5.16 Å². The van der Waals surface area contributed by atoms with Crippen LogP contribution in [-0.2, 0) is 4.79 Å². The van der Waals surface area contributed by atoms with Crippen molar-refractivity contribution in [2.75, 3.05) is 11.5 Å². The Morgan fingerprint density at radius 2 is 1.74 bits per heavy atom. The molecule has 1 aromatic heterocycles. The summed E-state index contributed by atoms with van der Waals surface area (Å²) in [5.74, 6) is 0.0172. The van der Waals surface area contributed by atoms with Gasteiger partial charge in [-0.15, -0.1) is 0 Å². The van der Waals surface area contributed by atoms with Crippen molar-refractivity contribution in [1.29, 1.82) is 0 Å². The van der Waals surface area contributed by atoms with E-state index in [1.54, 1.807) is 19.1 Å². The summed E-state index contributed by atoms with van der Waals surface area (Å²) in [4.78, 5) is 20.3. The van der Waals surface area contributed by atoms with Gasteiger partial charge in [0.25, 0.3) is 0 Å². The minimum atomic E-state index is -0.431. The number of hydrogen-bond acceptors (Lipinski definition) is 6. The molecule has 0 aliphatic rings. The largest absolute Gasteiger partial charge is 0.383 e. The third-order valence-corrected chi connectivity index (χ3v) is 4.09. The first-order valence-corrected chi connectivity index (χ1v) is 7.85. The lowest BCUT2D eigenvalue weighted by molar-refractivity contribution is -0.120. The van der Waals surface area contributed by atoms with Crippen LogP contribution in [0.15, 0.2) is 35.5 Å². The van der Waals surface area contributed by atoms with Crippen LogP contribution in [0.5, 0.6) is 0 Å². The molecule has 2 aromatic rings. The van der Waals surface area contributed by atoms with Crippen molar-refractivity contribution in [3.63, 3.8) is 0 Å². The number of rotatable bonds is 5. The predicted octanol–water partition coefficient (Wildman–Crippen LogP) is 2.14. The Morgan fingerprint density at radius 3 is 2.30 bits per heavy atom. The van der Waals surface area contributed by atoms with Gasteiger partial charge in [0.05, 0.1) is 11.3 Å². The Labute approximate surface area is 137 Å². The number of nitrogen functional groups attached to an aromatic ring is 2. The highest BCUT2D eigenvalue weighted by molar-refractivity contribution is 8.00. The number of amides is 1. The highest BCUT2D eigenvalue weighted by Crippen LogP contribution is 2.22. The molecule has 2 rings (SSSR count). The molecule has 8 heteroatoms. The second-order valence-corrected chi connectivity index (χ2v) is 6.35. The smallest absolute Gasteiger partial charge is 0.233 e. The summed E-state index contributed by atoms with van der Waals surface area (Å²) in [6.07, 6.45) is 0. The molecule has 0 fully saturated rings. The number of carbonyl (C=O) groups is 1. The number of aromatic nitrogens is 2. The molecule has 5 N–H and O–H groups in total. The number of nitrogens with one attached hydrogen (secondary N) is 1. The van der Waals surface area contributed by atoms with Crippen molar-refractivity contribution >= 4 is 29.3 Å². The van der Waals surface area contributed by atoms with E-state index >= 15 is 0 Å². The van der Waals surface area contributed by atoms with Gasteiger partial charge in [0.15, 0.2) is 5.16 Å². The van der Waals surface area contributed by atoms with E-state index in [9.17, 15) is 9.18 Å². The lowest BCUT2D eigenvalue weighted by Crippen LogP contribution is -2.33. The topological polar surface area (TPSA) is 107 Å². The molecule has 0 spiro atoms. The van der Waals surface area contributed by atoms with Crippen molar-refractivity contribution in [2.45, 2.75) is 30.3 Å². The first kappa shape index (κ1) is 17.0. The minimum absolute atomic E-state index is 0.184. The number of carbonyl (C=O) groups excluding carboxylic acids is 1. The van der Waals surface area contributed by atoms with E-state index in [-0.39, 0.29) is 29.4 Å². The van der Waals surface area contributed by atoms with Crippen LogP contribution in [0.4, 0.5) is 16.0 Å². The lowest BCUT2D eigenvalue weighted by Gasteiger charge is -2.17. The summed E-state index contributed by atoms with van der Waals surface area (Å²) >= 11 is 1.17. The fourth-order valence-electron chi connectivity index (χ4n) is 1.89. The third kappa shape index (κ3) is 4.82. The van der Waals surface area contributed by atoms with Crippen molar-refractivity contribution in [2.24, 2.45) is 0 Å². The van der Waals surface area contributed by atoms with Crippen molar-refractivity contribution in [3.8, 4) is 0 Å². The molecule has 0 aliphatic heterocycles. The normalized spacial score (nSPS) is 13.3. The molecule has 0 bridgehead atoms. The maximum absolute atomic E-state index is 12.9. The number of thioether (sulfide) groups is 1. The third-order valence-electron chi connectivity index (χ3n) is 3.13. The summed E-state index contributed by atoms with van der Waals surface area (Å²) in [7, 11) is 0. The standard InChI is InChI=1S/C15H18FN5OS/c1-8(10-3-5-11(16)6-4-10)19-14(22)9(2)23-15-20-12(17)7-13(18)21-15/h3-9H,1-2H3,(H,19,22)(H4,17,18,20,21)/t8-,9-/m0/s1. The first-order valence-electron chi connectivity index (χ1n) is 6.97. The van der Waals surface area contributed by atoms with Gasteiger partial charge in [0.2, 0.25) is 5.91 Å². The highest BCUT2D eigenvalue weighted by atomic mass is 32.2. The van der Waals surface area contributed by atoms with Gasteiger partial charge in [-0.3, -0.25) is 4.79 Å². The second kappa shape index (κ2) is 7.28. The zero-order chi connectivity index (χ0) is 17.0. The van der Waals surface area contributed by atoms with Crippen molar-refractivity contribution in [3.05, 3.63) is 41.7 Å². The molecule has 0 saturated carbocycles. The van der Waals surface area contributed by atoms with E-state index in [1.807, 2.05) is 6.92 Å². The molecule has 0 saturated heterocycles. The number of nitrogens with zero attached hydrogens (tertiary/aromatic N) is 2. The van der Waals surface area contributed by atoms with Gasteiger partial charge in [-0.1, -0.05) is 23.9 Å². The van der Waals surface area contributed by atoms with Gasteiger partial charge in [-0.05, 0) is 31.5 Å². The van der Waals surface area contributed by atoms with Crippen LogP contribution in [0.3, 0.4) is 0 Å². The molecule has 1 heterocycles. The molecule has 0 aliphatic carbocycles. The van der Waals surface area contributed by atoms with Gasteiger partial charge in [0, 0.05) is 6.07 Å². The minimum Gasteiger partial charge on any atom is -0.383 e. The molecule has 0 radical (unpaired) electrons. The molecule has 1 aromatic carbocycles. The number of halogens is 1. The molecular formula is C15H18FN5OS. The van der Waals surface area contributed by atoms with E-state index in [1.165, 1.54) is 30.0 Å². The van der Waals surface area contributed by atoms with Crippen LogP contribution in [0, 0.1) is 5.82 Å². The zero-order valence-corrected chi connectivity index (χ0v) is 13.6. The number of hydrogen-bond donors (Lipinski definition) is 3. The maximum atomic E-state index is 12.9. The summed E-state index contributed by atoms with van der Waals surface area (Å²) in [5, 5.41) is 2.78. The van der Waals surface area contributed by atoms with E-state index in [4.69, 9.17) is 11.5 Å². The fourth-order valence-corrected chi connectivity index (χ4v) is 2.70. The van der Waals surface area contributed by atoms with E-state index in [0.717, 1.165) is 5.56 Å². The van der Waals surface area contributed by atoms with Crippen LogP contribution in [0.1, 0.15) is 25.5 Å². The lowest BCUT2D eigenvalue weighted by atomic mass is 10.1. The second-order valence-electron chi connectivity index (χ2n) is 5.04. The Kier molecular flexibility index (Phi) is 5.38. The summed E-state index contributed by atoms with van der Waals surface area (Å²) in [6, 6.07) is 7.21. The first-order chi connectivity index (χ1) is 10.8. The fraction of sp³-hybridized carbons (Fsp3) is 0.267. The molecule has 23 heavy (non-hydrogen) atoms. The van der Waals surface area contributed by atoms with Crippen LogP contribution >= 0.6 is 11.8 Å². The maximum Gasteiger partial charge on any atom is 0.233 e. The monoisotopic (exact) mass is 335 g/mol. The van der Waals surface area contributed by atoms with Crippen molar-refractivity contribution in [1.82, 2.24) is 15.3 Å². The van der Waals surface area contributed by atoms with Crippen LogP contribution in [-0.4, -0.2) is 21.1 Å². The quantitative estimate of drug-likeness (QED) is 0.571. The van der Waals surface area contributed by atoms with Gasteiger partial charge in [0.1, 0.15) is 17.5 Å². The Hall–Kier alpha value is -2.35. The number of benzene rings is 1. The Balaban J connectivity index is 1.97. The Bertz CT molecular complexity index is 675. The molecule has 2 atom stereocenters. The average molecular weight is 335 g/mol. The van der Waals surface area contributed by atoms with E-state index in [2.05, 4.69) is 15.3 Å². The van der Waals surface area contributed by atoms with Gasteiger partial charge in [-0.2, -0.15) is 0 Å². The van der Waals surface area contributed by atoms with E-state index < -0.39 is 5.25 Å². The van der Waals surface area contributed by atoms with Gasteiger partial charge < -0.3 is 16.8 Å². The molecule has 122 valence electrons. The van der Waals surface area contributed by atoms with Gasteiger partial charge >= 0.3 is 0 Å². The number of nitrogens with two attached hydrogens (primary N) is 2. The van der Waals surface area contributed by atoms with Crippen LogP contribution < -0.4 is 16.8 Å². The Morgan fingerprint density at radius 1 is 1.17 bits per heavy atom. The molecule has 0 unspecified atom stereocenters. The summed E-state index contributed by atoms with van der Waals surface area (Å²) in [6.45, 7) is 3.57. The van der Waals surface area contributed by atoms with Crippen molar-refractivity contribution < 1.29 is 9.18 Å². The molecule has 6 nitrogen and oxygen atoms in total. The highest BCUT2D eigenvalue weighted by Gasteiger charge is 2.19. The van der Waals surface area contributed by atoms with Crippen LogP contribution in [0.25, 0.3) is 0 Å². The number of anilines is 2. The molecular weight excluding hydrogens is 317 g/mol. The predicted molar refractivity (Wildman–Crippen MR) is 89.1 cm³/mol. The molecule has 1 amide bonds. The summed E-state index contributed by atoms with van der Waals surface area (Å²) < 4.78 is 12.9. The average Bonchev–Trinajstić information content (AvgIpc) is 2.46. The van der Waals surface area contributed by atoms with Crippen LogP contribution in [0.2, 0.25) is 0 Å². The SMILES string of the molecule is C[C@H](Sc1nc(N)cc(N)n1)C(=O)N[C@@H](C)c1ccc(F)cc1. The summed E-state index contributed by atoms with van der Waals surface area (Å²) in [5.41, 5.74) is 12.0. The zero-order valence-electron chi connectivity index (χ0n) is 12.8. The van der Waals surface area contributed by atoms with Gasteiger partial charge in [-0.25, -0.2) is 14.4 Å².